The van der Waals surface area contributed by atoms with Crippen LogP contribution in [0.4, 0.5) is 5.69 Å². The molecule has 0 radical (unpaired) electrons. The molecule has 1 aromatic rings. The van der Waals surface area contributed by atoms with E-state index >= 15 is 0 Å². The van der Waals surface area contributed by atoms with Crippen LogP contribution in [0.3, 0.4) is 0 Å². The Labute approximate surface area is 207 Å². The van der Waals surface area contributed by atoms with Crippen molar-refractivity contribution in [2.75, 3.05) is 25.0 Å². The third-order valence-electron chi connectivity index (χ3n) is 5.38. The zero-order valence-electron chi connectivity index (χ0n) is 19.2. The number of carbonyl (C=O) groups excluding carboxylic acids is 3. The van der Waals surface area contributed by atoms with Gasteiger partial charge in [0.1, 0.15) is 5.60 Å². The number of hydrogen-bond donors (Lipinski definition) is 3. The number of rotatable bonds is 5. The minimum absolute atomic E-state index is 0. The second-order valence-electron chi connectivity index (χ2n) is 8.91. The fraction of sp³-hybridized carbons (Fsp3) is 0.565. The quantitative estimate of drug-likeness (QED) is 0.321. The first kappa shape index (κ1) is 27.5. The number of nitrogens with one attached hydrogen (secondary N) is 2. The molecule has 2 aliphatic rings. The van der Waals surface area contributed by atoms with E-state index in [0.29, 0.717) is 12.0 Å². The minimum atomic E-state index is -0.455. The molecule has 1 spiro atoms. The summed E-state index contributed by atoms with van der Waals surface area (Å²) in [5.74, 6) is -0.669. The van der Waals surface area contributed by atoms with Crippen LogP contribution in [0.25, 0.3) is 0 Å². The molecule has 166 valence electrons. The van der Waals surface area contributed by atoms with Crippen LogP contribution in [0.15, 0.2) is 12.1 Å². The molecule has 0 atom stereocenters. The van der Waals surface area contributed by atoms with E-state index in [9.17, 15) is 14.4 Å². The molecule has 1 amide bonds. The summed E-state index contributed by atoms with van der Waals surface area (Å²) in [6, 6.07) is 3.93. The van der Waals surface area contributed by atoms with E-state index in [1.54, 1.807) is 20.8 Å². The second kappa shape index (κ2) is 11.9. The van der Waals surface area contributed by atoms with Gasteiger partial charge in [0.2, 0.25) is 5.91 Å². The number of carbonyl (C=O) groups is 2. The Hall–Kier alpha value is -1.54. The molecular weight excluding hydrogens is 405 g/mol. The van der Waals surface area contributed by atoms with Gasteiger partial charge in [-0.25, -0.2) is 6.07 Å². The van der Waals surface area contributed by atoms with E-state index in [-0.39, 0.29) is 59.7 Å². The number of nitrogens with two attached hydrogens (primary N) is 1. The second-order valence-corrected chi connectivity index (χ2v) is 8.91. The molecular formula is C23H33N3NaO4-. The first-order chi connectivity index (χ1) is 14.1. The molecule has 1 fully saturated rings. The summed E-state index contributed by atoms with van der Waals surface area (Å²) in [5, 5.41) is 6.83. The zero-order chi connectivity index (χ0) is 22.4. The smallest absolute Gasteiger partial charge is 0.460 e. The third-order valence-corrected chi connectivity index (χ3v) is 5.38. The third kappa shape index (κ3) is 7.83. The number of esters is 1. The number of benzene rings is 1. The van der Waals surface area contributed by atoms with Crippen LogP contribution in [0, 0.1) is 6.92 Å². The Kier molecular flexibility index (Phi) is 10.6. The van der Waals surface area contributed by atoms with E-state index in [4.69, 9.17) is 10.5 Å². The van der Waals surface area contributed by atoms with Crippen LogP contribution in [0.5, 0.6) is 0 Å². The molecule has 4 N–H and O–H groups in total. The topological polar surface area (TPSA) is 111 Å². The Bertz CT molecular complexity index is 784. The number of amides is 1. The van der Waals surface area contributed by atoms with Crippen molar-refractivity contribution in [2.24, 2.45) is 5.73 Å². The molecule has 0 saturated carbocycles. The van der Waals surface area contributed by atoms with Gasteiger partial charge in [0.05, 0.1) is 0 Å². The maximum atomic E-state index is 11.1. The van der Waals surface area contributed by atoms with Gasteiger partial charge in [-0.3, -0.25) is 27.6 Å². The van der Waals surface area contributed by atoms with Crippen molar-refractivity contribution < 1.29 is 48.7 Å². The zero-order valence-corrected chi connectivity index (χ0v) is 21.2. The Morgan fingerprint density at radius 3 is 2.42 bits per heavy atom. The van der Waals surface area contributed by atoms with E-state index in [0.717, 1.165) is 43.7 Å². The average molecular weight is 439 g/mol. The summed E-state index contributed by atoms with van der Waals surface area (Å²) < 4.78 is 5.03. The van der Waals surface area contributed by atoms with Gasteiger partial charge in [0.15, 0.2) is 0 Å². The molecule has 0 unspecified atom stereocenters. The first-order valence-corrected chi connectivity index (χ1v) is 10.4. The summed E-state index contributed by atoms with van der Waals surface area (Å²) in [5.41, 5.74) is 8.47. The van der Waals surface area contributed by atoms with Gasteiger partial charge in [0, 0.05) is 24.8 Å². The van der Waals surface area contributed by atoms with Crippen LogP contribution >= 0.6 is 0 Å². The predicted octanol–water partition coefficient (Wildman–Crippen LogP) is -0.639. The summed E-state index contributed by atoms with van der Waals surface area (Å²) >= 11 is 0. The molecule has 2 aliphatic heterocycles. The van der Waals surface area contributed by atoms with Gasteiger partial charge in [-0.1, -0.05) is 5.56 Å². The number of anilines is 1. The van der Waals surface area contributed by atoms with Gasteiger partial charge >= 0.3 is 35.5 Å². The Morgan fingerprint density at radius 1 is 1.23 bits per heavy atom. The monoisotopic (exact) mass is 438 g/mol. The molecule has 7 nitrogen and oxygen atoms in total. The Morgan fingerprint density at radius 2 is 1.87 bits per heavy atom. The van der Waals surface area contributed by atoms with Crippen LogP contribution < -0.4 is 45.9 Å². The van der Waals surface area contributed by atoms with Crippen molar-refractivity contribution in [3.05, 3.63) is 35.7 Å². The Balaban J connectivity index is 0.000000314. The normalized spacial score (nSPS) is 16.1. The van der Waals surface area contributed by atoms with E-state index in [1.165, 1.54) is 5.56 Å². The molecule has 0 bridgehead atoms. The summed E-state index contributed by atoms with van der Waals surface area (Å²) in [6.07, 6.45) is 5.20. The molecule has 8 heteroatoms. The van der Waals surface area contributed by atoms with E-state index < -0.39 is 5.60 Å². The molecule has 31 heavy (non-hydrogen) atoms. The van der Waals surface area contributed by atoms with Crippen molar-refractivity contribution >= 4 is 23.9 Å². The molecule has 2 heterocycles. The largest absolute Gasteiger partial charge is 1.00 e. The van der Waals surface area contributed by atoms with Gasteiger partial charge in [0.25, 0.3) is 0 Å². The number of hydrogen-bond acceptors (Lipinski definition) is 6. The standard InChI is InChI=1S/C14H16N2O.C9H17NO3.Na/c1-10-11(8-17)2-3-12-13(10)16-9-14(12)4-6-15-7-5-14;1-9(2,3)13-8(12)6-4-5-7(10)11;/h2-3,15-16H,1,4-7,9H2;4-6H2,1-3H3,(H2,10,11);/q-2;;+1. The number of ether oxygens (including phenoxy) is 1. The van der Waals surface area contributed by atoms with Crippen LogP contribution in [-0.2, 0) is 24.5 Å². The molecule has 1 aromatic carbocycles. The molecule has 3 rings (SSSR count). The van der Waals surface area contributed by atoms with Crippen molar-refractivity contribution in [3.8, 4) is 0 Å². The average Bonchev–Trinajstić information content (AvgIpc) is 3.00. The maximum Gasteiger partial charge on any atom is 1.00 e. The predicted molar refractivity (Wildman–Crippen MR) is 117 cm³/mol. The van der Waals surface area contributed by atoms with Crippen LogP contribution in [0.2, 0.25) is 0 Å². The molecule has 0 aliphatic carbocycles. The van der Waals surface area contributed by atoms with Crippen molar-refractivity contribution in [2.45, 2.75) is 63.9 Å². The maximum absolute atomic E-state index is 11.1. The van der Waals surface area contributed by atoms with Gasteiger partial charge in [-0.15, -0.1) is 11.8 Å². The van der Waals surface area contributed by atoms with E-state index in [2.05, 4.69) is 23.6 Å². The summed E-state index contributed by atoms with van der Waals surface area (Å²) in [7, 11) is 0. The van der Waals surface area contributed by atoms with Crippen molar-refractivity contribution in [1.82, 2.24) is 5.32 Å². The van der Waals surface area contributed by atoms with Crippen molar-refractivity contribution in [1.29, 1.82) is 0 Å². The minimum Gasteiger partial charge on any atom is -0.460 e. The van der Waals surface area contributed by atoms with Crippen molar-refractivity contribution in [3.63, 3.8) is 0 Å². The summed E-state index contributed by atoms with van der Waals surface area (Å²) in [6.45, 7) is 12.5. The van der Waals surface area contributed by atoms with Gasteiger partial charge < -0.3 is 25.9 Å². The van der Waals surface area contributed by atoms with E-state index in [1.807, 2.05) is 12.4 Å². The van der Waals surface area contributed by atoms with Gasteiger partial charge in [-0.2, -0.15) is 0 Å². The van der Waals surface area contributed by atoms with Crippen LogP contribution in [-0.4, -0.2) is 43.4 Å². The fourth-order valence-electron chi connectivity index (χ4n) is 3.89. The molecule has 1 saturated heterocycles. The van der Waals surface area contributed by atoms with Gasteiger partial charge in [-0.05, 0) is 59.4 Å². The SMILES string of the molecule is CC(C)(C)OC(=O)CCCC(N)=O.[CH2-]c1c([C-]=O)ccc2c1NCC21CCNCC1.[Na+]. The number of piperidine rings is 1. The number of fused-ring (bicyclic) bond motifs is 2. The number of primary amides is 1. The summed E-state index contributed by atoms with van der Waals surface area (Å²) in [4.78, 5) is 32.2. The first-order valence-electron chi connectivity index (χ1n) is 10.4. The molecule has 0 aromatic heterocycles. The fourth-order valence-corrected chi connectivity index (χ4v) is 3.89. The van der Waals surface area contributed by atoms with Crippen LogP contribution in [0.1, 0.15) is 69.6 Å².